The van der Waals surface area contributed by atoms with Gasteiger partial charge in [-0.2, -0.15) is 0 Å². The van der Waals surface area contributed by atoms with Crippen LogP contribution < -0.4 is 5.32 Å². The second-order valence-electron chi connectivity index (χ2n) is 7.13. The van der Waals surface area contributed by atoms with E-state index in [9.17, 15) is 4.79 Å². The molecular weight excluding hydrogens is 344 g/mol. The van der Waals surface area contributed by atoms with Crippen molar-refractivity contribution in [1.29, 1.82) is 0 Å². The molecule has 2 rings (SSSR count). The zero-order valence-electron chi connectivity index (χ0n) is 14.7. The predicted molar refractivity (Wildman–Crippen MR) is 100 cm³/mol. The monoisotopic (exact) mass is 370 g/mol. The Morgan fingerprint density at radius 2 is 2.00 bits per heavy atom. The summed E-state index contributed by atoms with van der Waals surface area (Å²) < 4.78 is 7.93. The van der Waals surface area contributed by atoms with Crippen LogP contribution in [0.3, 0.4) is 0 Å². The molecular formula is C18H27ClN2O2S. The number of benzene rings is 1. The molecule has 0 radical (unpaired) electrons. The van der Waals surface area contributed by atoms with Crippen LogP contribution in [-0.2, 0) is 16.1 Å². The molecule has 0 saturated carbocycles. The topological polar surface area (TPSA) is 41.6 Å². The van der Waals surface area contributed by atoms with Crippen molar-refractivity contribution in [3.05, 3.63) is 28.8 Å². The number of nitrogens with zero attached hydrogens (tertiary/aromatic N) is 1. The zero-order valence-corrected chi connectivity index (χ0v) is 16.3. The lowest BCUT2D eigenvalue weighted by Crippen LogP contribution is -2.42. The zero-order chi connectivity index (χ0) is 17.6. The van der Waals surface area contributed by atoms with E-state index in [0.29, 0.717) is 11.6 Å². The number of hydrogen-bond donors (Lipinski definition) is 1. The molecule has 1 saturated heterocycles. The molecule has 0 aromatic heterocycles. The lowest BCUT2D eigenvalue weighted by molar-refractivity contribution is -0.127. The van der Waals surface area contributed by atoms with Gasteiger partial charge in [-0.1, -0.05) is 18.0 Å². The van der Waals surface area contributed by atoms with Gasteiger partial charge in [0.25, 0.3) is 0 Å². The fraction of sp³-hybridized carbons (Fsp3) is 0.611. The van der Waals surface area contributed by atoms with Gasteiger partial charge in [-0.05, 0) is 69.3 Å². The highest BCUT2D eigenvalue weighted by Crippen LogP contribution is 2.29. The summed E-state index contributed by atoms with van der Waals surface area (Å²) >= 11 is 8.03. The van der Waals surface area contributed by atoms with Gasteiger partial charge in [-0.15, -0.1) is 0 Å². The molecule has 1 aromatic rings. The first-order chi connectivity index (χ1) is 11.3. The SMILES string of the molecule is CC(C)(C)NC(=O)COCc1cc(SN2CCCCC2)ccc1Cl. The van der Waals surface area contributed by atoms with E-state index < -0.39 is 0 Å². The minimum Gasteiger partial charge on any atom is -0.367 e. The molecule has 6 heteroatoms. The number of carbonyl (C=O) groups is 1. The number of amides is 1. The Kier molecular flexibility index (Phi) is 7.41. The Hall–Kier alpha value is -0.750. The van der Waals surface area contributed by atoms with Crippen LogP contribution in [0.15, 0.2) is 23.1 Å². The normalized spacial score (nSPS) is 16.2. The van der Waals surface area contributed by atoms with E-state index in [2.05, 4.69) is 15.7 Å². The van der Waals surface area contributed by atoms with Crippen LogP contribution in [0.2, 0.25) is 5.02 Å². The smallest absolute Gasteiger partial charge is 0.246 e. The number of nitrogens with one attached hydrogen (secondary N) is 1. The van der Waals surface area contributed by atoms with Crippen LogP contribution in [-0.4, -0.2) is 35.4 Å². The summed E-state index contributed by atoms with van der Waals surface area (Å²) in [4.78, 5) is 12.9. The Balaban J connectivity index is 1.85. The summed E-state index contributed by atoms with van der Waals surface area (Å²) in [5.74, 6) is -0.113. The standard InChI is InChI=1S/C18H27ClN2O2S/c1-18(2,3)20-17(22)13-23-12-14-11-15(7-8-16(14)19)24-21-9-5-4-6-10-21/h7-8,11H,4-6,9-10,12-13H2,1-3H3,(H,20,22). The van der Waals surface area contributed by atoms with Crippen LogP contribution in [0.1, 0.15) is 45.6 Å². The second-order valence-corrected chi connectivity index (χ2v) is 8.70. The van der Waals surface area contributed by atoms with E-state index >= 15 is 0 Å². The maximum absolute atomic E-state index is 11.8. The van der Waals surface area contributed by atoms with Gasteiger partial charge in [0.1, 0.15) is 6.61 Å². The number of ether oxygens (including phenoxy) is 1. The quantitative estimate of drug-likeness (QED) is 0.759. The van der Waals surface area contributed by atoms with Crippen molar-refractivity contribution >= 4 is 29.5 Å². The van der Waals surface area contributed by atoms with E-state index in [-0.39, 0.29) is 18.1 Å². The van der Waals surface area contributed by atoms with Crippen molar-refractivity contribution in [2.75, 3.05) is 19.7 Å². The van der Waals surface area contributed by atoms with Gasteiger partial charge >= 0.3 is 0 Å². The first-order valence-corrected chi connectivity index (χ1v) is 9.59. The Morgan fingerprint density at radius 3 is 2.67 bits per heavy atom. The largest absolute Gasteiger partial charge is 0.367 e. The molecule has 1 fully saturated rings. The Morgan fingerprint density at radius 1 is 1.29 bits per heavy atom. The summed E-state index contributed by atoms with van der Waals surface area (Å²) in [6, 6.07) is 6.00. The fourth-order valence-electron chi connectivity index (χ4n) is 2.53. The van der Waals surface area contributed by atoms with Crippen molar-refractivity contribution in [3.63, 3.8) is 0 Å². The van der Waals surface area contributed by atoms with E-state index in [4.69, 9.17) is 16.3 Å². The third kappa shape index (κ3) is 7.01. The molecule has 24 heavy (non-hydrogen) atoms. The van der Waals surface area contributed by atoms with Gasteiger partial charge in [-0.3, -0.25) is 4.79 Å². The molecule has 0 bridgehead atoms. The van der Waals surface area contributed by atoms with E-state index in [1.165, 1.54) is 24.2 Å². The highest BCUT2D eigenvalue weighted by atomic mass is 35.5. The summed E-state index contributed by atoms with van der Waals surface area (Å²) in [6.07, 6.45) is 3.85. The van der Waals surface area contributed by atoms with Gasteiger partial charge in [-0.25, -0.2) is 4.31 Å². The molecule has 0 spiro atoms. The van der Waals surface area contributed by atoms with E-state index in [0.717, 1.165) is 18.7 Å². The number of piperidine rings is 1. The number of rotatable bonds is 6. The number of halogens is 1. The first-order valence-electron chi connectivity index (χ1n) is 8.43. The van der Waals surface area contributed by atoms with Crippen LogP contribution >= 0.6 is 23.5 Å². The maximum Gasteiger partial charge on any atom is 0.246 e. The highest BCUT2D eigenvalue weighted by Gasteiger charge is 2.15. The molecule has 1 amide bonds. The van der Waals surface area contributed by atoms with Gasteiger partial charge in [0.15, 0.2) is 0 Å². The van der Waals surface area contributed by atoms with Gasteiger partial charge in [0, 0.05) is 28.5 Å². The van der Waals surface area contributed by atoms with E-state index in [1.54, 1.807) is 11.9 Å². The number of hydrogen-bond acceptors (Lipinski definition) is 4. The van der Waals surface area contributed by atoms with Gasteiger partial charge < -0.3 is 10.1 Å². The maximum atomic E-state index is 11.8. The second kappa shape index (κ2) is 9.09. The van der Waals surface area contributed by atoms with E-state index in [1.807, 2.05) is 32.9 Å². The van der Waals surface area contributed by atoms with Crippen molar-refractivity contribution in [2.45, 2.75) is 57.1 Å². The van der Waals surface area contributed by atoms with Crippen molar-refractivity contribution in [2.24, 2.45) is 0 Å². The van der Waals surface area contributed by atoms with Crippen LogP contribution in [0.4, 0.5) is 0 Å². The fourth-order valence-corrected chi connectivity index (χ4v) is 3.77. The molecule has 134 valence electrons. The van der Waals surface area contributed by atoms with Crippen molar-refractivity contribution in [3.8, 4) is 0 Å². The summed E-state index contributed by atoms with van der Waals surface area (Å²) in [6.45, 7) is 8.48. The molecule has 1 heterocycles. The minimum absolute atomic E-state index is 0.0388. The molecule has 1 N–H and O–H groups in total. The lowest BCUT2D eigenvalue weighted by Gasteiger charge is -2.25. The minimum atomic E-state index is -0.247. The van der Waals surface area contributed by atoms with Gasteiger partial charge in [0.2, 0.25) is 5.91 Å². The molecule has 1 aromatic carbocycles. The van der Waals surface area contributed by atoms with Crippen molar-refractivity contribution in [1.82, 2.24) is 9.62 Å². The van der Waals surface area contributed by atoms with Crippen LogP contribution in [0.5, 0.6) is 0 Å². The third-order valence-electron chi connectivity index (χ3n) is 3.57. The molecule has 1 aliphatic heterocycles. The number of carbonyl (C=O) groups excluding carboxylic acids is 1. The summed E-state index contributed by atoms with van der Waals surface area (Å²) in [5.41, 5.74) is 0.672. The van der Waals surface area contributed by atoms with Crippen LogP contribution in [0.25, 0.3) is 0 Å². The van der Waals surface area contributed by atoms with Crippen LogP contribution in [0, 0.1) is 0 Å². The average Bonchev–Trinajstić information content (AvgIpc) is 2.49. The molecule has 0 unspecified atom stereocenters. The highest BCUT2D eigenvalue weighted by molar-refractivity contribution is 7.97. The molecule has 4 nitrogen and oxygen atoms in total. The average molecular weight is 371 g/mol. The molecule has 0 atom stereocenters. The Labute approximate surface area is 154 Å². The van der Waals surface area contributed by atoms with Gasteiger partial charge in [0.05, 0.1) is 6.61 Å². The molecule has 1 aliphatic rings. The third-order valence-corrected chi connectivity index (χ3v) is 5.03. The lowest BCUT2D eigenvalue weighted by atomic mass is 10.1. The summed E-state index contributed by atoms with van der Waals surface area (Å²) in [5, 5.41) is 3.55. The van der Waals surface area contributed by atoms with Crippen molar-refractivity contribution < 1.29 is 9.53 Å². The molecule has 0 aliphatic carbocycles. The first kappa shape index (κ1) is 19.6. The summed E-state index contributed by atoms with van der Waals surface area (Å²) in [7, 11) is 0. The predicted octanol–water partition coefficient (Wildman–Crippen LogP) is 4.26. The Bertz CT molecular complexity index is 554.